The van der Waals surface area contributed by atoms with E-state index in [1.807, 2.05) is 6.07 Å². The van der Waals surface area contributed by atoms with Crippen LogP contribution in [0.1, 0.15) is 50.1 Å². The number of aryl methyl sites for hydroxylation is 3. The third kappa shape index (κ3) is 4.73. The number of carbonyl (C=O) groups is 2. The van der Waals surface area contributed by atoms with E-state index in [0.717, 1.165) is 18.6 Å². The first-order valence-electron chi connectivity index (χ1n) is 11.0. The van der Waals surface area contributed by atoms with Crippen molar-refractivity contribution in [2.24, 2.45) is 7.05 Å². The van der Waals surface area contributed by atoms with Gasteiger partial charge in [0.05, 0.1) is 18.5 Å². The Labute approximate surface area is 195 Å². The summed E-state index contributed by atoms with van der Waals surface area (Å²) in [6.45, 7) is 0.418. The Morgan fingerprint density at radius 3 is 2.82 bits per heavy atom. The minimum Gasteiger partial charge on any atom is -0.486 e. The number of aromatic nitrogens is 2. The van der Waals surface area contributed by atoms with Crippen LogP contribution >= 0.6 is 0 Å². The van der Waals surface area contributed by atoms with E-state index in [1.54, 1.807) is 37.5 Å². The van der Waals surface area contributed by atoms with Crippen LogP contribution in [0.2, 0.25) is 0 Å². The molecule has 0 saturated carbocycles. The molecule has 0 saturated heterocycles. The molecule has 1 aromatic carbocycles. The summed E-state index contributed by atoms with van der Waals surface area (Å²) in [7, 11) is 1.67. The van der Waals surface area contributed by atoms with Crippen LogP contribution in [0.4, 0.5) is 5.69 Å². The van der Waals surface area contributed by atoms with Crippen LogP contribution in [-0.4, -0.2) is 21.6 Å². The number of nitrogens with one attached hydrogen (secondary N) is 2. The minimum atomic E-state index is -0.489. The zero-order valence-electron chi connectivity index (χ0n) is 18.7. The molecule has 0 unspecified atom stereocenters. The Morgan fingerprint density at radius 2 is 1.97 bits per heavy atom. The number of hydrogen-bond donors (Lipinski definition) is 2. The van der Waals surface area contributed by atoms with E-state index in [9.17, 15) is 9.59 Å². The van der Waals surface area contributed by atoms with Crippen LogP contribution in [0, 0.1) is 0 Å². The molecule has 0 radical (unpaired) electrons. The van der Waals surface area contributed by atoms with E-state index < -0.39 is 11.8 Å². The molecule has 9 nitrogen and oxygen atoms in total. The standard InChI is InChI=1S/C25H24N4O5/c1-29-14-21(23(28-29)25(31)26-13-19-6-3-11-32-19)27-24(30)22-10-9-20(34-22)15-33-18-8-7-16-4-2-5-17(16)12-18/h3,6-12,14H,2,4-5,13,15H2,1H3,(H,26,31)(H,27,30). The average molecular weight is 460 g/mol. The van der Waals surface area contributed by atoms with Crippen LogP contribution < -0.4 is 15.4 Å². The lowest BCUT2D eigenvalue weighted by Gasteiger charge is -2.07. The summed E-state index contributed by atoms with van der Waals surface area (Å²) in [5, 5.41) is 9.57. The molecule has 3 aromatic heterocycles. The number of fused-ring (bicyclic) bond motifs is 1. The van der Waals surface area contributed by atoms with Gasteiger partial charge in [-0.3, -0.25) is 14.3 Å². The van der Waals surface area contributed by atoms with Crippen LogP contribution in [0.25, 0.3) is 0 Å². The third-order valence-corrected chi connectivity index (χ3v) is 5.63. The van der Waals surface area contributed by atoms with Gasteiger partial charge in [0, 0.05) is 13.2 Å². The second-order valence-corrected chi connectivity index (χ2v) is 8.12. The van der Waals surface area contributed by atoms with Crippen molar-refractivity contribution >= 4 is 17.5 Å². The van der Waals surface area contributed by atoms with E-state index in [2.05, 4.69) is 27.9 Å². The Kier molecular flexibility index (Phi) is 5.90. The highest BCUT2D eigenvalue weighted by Crippen LogP contribution is 2.26. The molecule has 0 bridgehead atoms. The van der Waals surface area contributed by atoms with Gasteiger partial charge in [0.15, 0.2) is 11.5 Å². The molecule has 3 heterocycles. The summed E-state index contributed by atoms with van der Waals surface area (Å²) < 4.78 is 18.2. The normalized spacial score (nSPS) is 12.4. The molecule has 1 aliphatic rings. The Morgan fingerprint density at radius 1 is 1.09 bits per heavy atom. The number of hydrogen-bond acceptors (Lipinski definition) is 6. The first kappa shape index (κ1) is 21.6. The monoisotopic (exact) mass is 460 g/mol. The van der Waals surface area contributed by atoms with E-state index in [-0.39, 0.29) is 30.3 Å². The quantitative estimate of drug-likeness (QED) is 0.413. The summed E-state index contributed by atoms with van der Waals surface area (Å²) in [5.41, 5.74) is 3.08. The molecule has 2 N–H and O–H groups in total. The van der Waals surface area contributed by atoms with Crippen LogP contribution in [0.15, 0.2) is 63.8 Å². The van der Waals surface area contributed by atoms with Gasteiger partial charge in [0.25, 0.3) is 11.8 Å². The molecule has 34 heavy (non-hydrogen) atoms. The van der Waals surface area contributed by atoms with Gasteiger partial charge in [-0.05, 0) is 66.8 Å². The maximum atomic E-state index is 12.7. The Balaban J connectivity index is 1.20. The fourth-order valence-corrected chi connectivity index (χ4v) is 3.97. The summed E-state index contributed by atoms with van der Waals surface area (Å²) in [5.74, 6) is 1.10. The van der Waals surface area contributed by atoms with Gasteiger partial charge < -0.3 is 24.2 Å². The van der Waals surface area contributed by atoms with E-state index in [4.69, 9.17) is 13.6 Å². The van der Waals surface area contributed by atoms with E-state index >= 15 is 0 Å². The highest BCUT2D eigenvalue weighted by Gasteiger charge is 2.20. The summed E-state index contributed by atoms with van der Waals surface area (Å²) >= 11 is 0. The molecular weight excluding hydrogens is 436 g/mol. The van der Waals surface area contributed by atoms with Gasteiger partial charge in [-0.1, -0.05) is 6.07 Å². The fourth-order valence-electron chi connectivity index (χ4n) is 3.97. The van der Waals surface area contributed by atoms with Gasteiger partial charge in [-0.25, -0.2) is 0 Å². The fraction of sp³-hybridized carbons (Fsp3) is 0.240. The van der Waals surface area contributed by atoms with E-state index in [0.29, 0.717) is 11.5 Å². The van der Waals surface area contributed by atoms with Crippen molar-refractivity contribution in [1.29, 1.82) is 0 Å². The van der Waals surface area contributed by atoms with Crippen LogP contribution in [-0.2, 0) is 33.0 Å². The Hall–Kier alpha value is -4.27. The van der Waals surface area contributed by atoms with E-state index in [1.165, 1.54) is 28.5 Å². The maximum Gasteiger partial charge on any atom is 0.291 e. The molecule has 4 aromatic rings. The summed E-state index contributed by atoms with van der Waals surface area (Å²) in [4.78, 5) is 25.3. The topological polar surface area (TPSA) is 112 Å². The second kappa shape index (κ2) is 9.30. The molecular formula is C25H24N4O5. The van der Waals surface area contributed by atoms with Crippen molar-refractivity contribution in [3.05, 3.63) is 89.0 Å². The van der Waals surface area contributed by atoms with Crippen molar-refractivity contribution in [2.45, 2.75) is 32.4 Å². The molecule has 5 rings (SSSR count). The van der Waals surface area contributed by atoms with Crippen molar-refractivity contribution in [1.82, 2.24) is 15.1 Å². The number of nitrogens with zero attached hydrogens (tertiary/aromatic N) is 2. The SMILES string of the molecule is Cn1cc(NC(=O)c2ccc(COc3ccc4c(c3)CCC4)o2)c(C(=O)NCc2ccco2)n1. The summed E-state index contributed by atoms with van der Waals surface area (Å²) in [6, 6.07) is 12.9. The molecule has 0 aliphatic heterocycles. The van der Waals surface area contributed by atoms with Gasteiger partial charge in [-0.2, -0.15) is 5.10 Å². The molecule has 1 aliphatic carbocycles. The first-order chi connectivity index (χ1) is 16.5. The zero-order chi connectivity index (χ0) is 23.5. The van der Waals surface area contributed by atoms with Crippen molar-refractivity contribution < 1.29 is 23.2 Å². The molecule has 0 spiro atoms. The highest BCUT2D eigenvalue weighted by atomic mass is 16.5. The van der Waals surface area contributed by atoms with Gasteiger partial charge >= 0.3 is 0 Å². The number of furan rings is 2. The highest BCUT2D eigenvalue weighted by molar-refractivity contribution is 6.07. The maximum absolute atomic E-state index is 12.7. The third-order valence-electron chi connectivity index (χ3n) is 5.63. The first-order valence-corrected chi connectivity index (χ1v) is 11.0. The predicted molar refractivity (Wildman–Crippen MR) is 123 cm³/mol. The summed E-state index contributed by atoms with van der Waals surface area (Å²) in [6.07, 6.45) is 6.47. The number of amides is 2. The smallest absolute Gasteiger partial charge is 0.291 e. The van der Waals surface area contributed by atoms with Gasteiger partial charge in [0.2, 0.25) is 0 Å². The van der Waals surface area contributed by atoms with Crippen LogP contribution in [0.5, 0.6) is 5.75 Å². The van der Waals surface area contributed by atoms with Gasteiger partial charge in [-0.15, -0.1) is 0 Å². The largest absolute Gasteiger partial charge is 0.486 e. The van der Waals surface area contributed by atoms with Crippen LogP contribution in [0.3, 0.4) is 0 Å². The van der Waals surface area contributed by atoms with Gasteiger partial charge in [0.1, 0.15) is 23.9 Å². The molecule has 2 amide bonds. The molecule has 174 valence electrons. The average Bonchev–Trinajstić information content (AvgIpc) is 3.63. The minimum absolute atomic E-state index is 0.0918. The lowest BCUT2D eigenvalue weighted by molar-refractivity contribution is 0.0943. The Bertz CT molecular complexity index is 1320. The van der Waals surface area contributed by atoms with Crippen molar-refractivity contribution in [2.75, 3.05) is 5.32 Å². The number of benzene rings is 1. The predicted octanol–water partition coefficient (Wildman–Crippen LogP) is 3.86. The molecule has 0 atom stereocenters. The number of ether oxygens (including phenoxy) is 1. The van der Waals surface area contributed by atoms with Crippen molar-refractivity contribution in [3.8, 4) is 5.75 Å². The lowest BCUT2D eigenvalue weighted by atomic mass is 10.1. The molecule has 0 fully saturated rings. The zero-order valence-corrected chi connectivity index (χ0v) is 18.7. The molecule has 9 heteroatoms. The number of anilines is 1. The number of rotatable bonds is 8. The second-order valence-electron chi connectivity index (χ2n) is 8.12. The van der Waals surface area contributed by atoms with Crippen molar-refractivity contribution in [3.63, 3.8) is 0 Å². The number of carbonyl (C=O) groups excluding carboxylic acids is 2. The lowest BCUT2D eigenvalue weighted by Crippen LogP contribution is -2.25.